The van der Waals surface area contributed by atoms with Crippen LogP contribution in [-0.4, -0.2) is 56.2 Å². The first-order chi connectivity index (χ1) is 18.7. The molecule has 0 spiro atoms. The van der Waals surface area contributed by atoms with Crippen LogP contribution in [0.1, 0.15) is 24.8 Å². The number of carbonyl (C=O) groups is 4. The first-order valence-electron chi connectivity index (χ1n) is 12.4. The number of methoxy groups -OCH3 is 1. The number of benzene rings is 3. The average molecular weight is 533 g/mol. The lowest BCUT2D eigenvalue weighted by Crippen LogP contribution is -2.46. The number of anilines is 3. The van der Waals surface area contributed by atoms with Crippen molar-refractivity contribution in [3.8, 4) is 5.75 Å². The van der Waals surface area contributed by atoms with E-state index in [-0.39, 0.29) is 12.5 Å². The van der Waals surface area contributed by atoms with Crippen LogP contribution in [0.4, 0.5) is 21.9 Å². The fraction of sp³-hybridized carbons (Fsp3) is 0.241. The second kappa shape index (κ2) is 13.6. The predicted octanol–water partition coefficient (Wildman–Crippen LogP) is 4.09. The first kappa shape index (κ1) is 28.7. The van der Waals surface area contributed by atoms with Crippen molar-refractivity contribution < 1.29 is 29.0 Å². The molecule has 0 aliphatic carbocycles. The van der Waals surface area contributed by atoms with E-state index < -0.39 is 30.4 Å². The van der Waals surface area contributed by atoms with E-state index >= 15 is 0 Å². The summed E-state index contributed by atoms with van der Waals surface area (Å²) in [5.74, 6) is -1.98. The van der Waals surface area contributed by atoms with Gasteiger partial charge in [-0.15, -0.1) is 0 Å². The van der Waals surface area contributed by atoms with Crippen LogP contribution in [0.2, 0.25) is 0 Å². The molecule has 4 amide bonds. The number of nitrogens with one attached hydrogen (secondary N) is 2. The minimum Gasteiger partial charge on any atom is -0.497 e. The lowest BCUT2D eigenvalue weighted by Gasteiger charge is -2.26. The van der Waals surface area contributed by atoms with Gasteiger partial charge in [0.1, 0.15) is 12.3 Å². The smallest absolute Gasteiger partial charge is 0.319 e. The summed E-state index contributed by atoms with van der Waals surface area (Å²) in [5.41, 5.74) is 2.06. The van der Waals surface area contributed by atoms with Crippen LogP contribution in [0.5, 0.6) is 5.75 Å². The van der Waals surface area contributed by atoms with Crippen LogP contribution >= 0.6 is 0 Å². The maximum Gasteiger partial charge on any atom is 0.319 e. The van der Waals surface area contributed by atoms with Gasteiger partial charge in [-0.3, -0.25) is 14.4 Å². The standard InChI is InChI=1S/C29H32N4O6/c1-4-25(28(36)37)20-10-8-11-21(16-20)31-29(38)30-18-26(34)33(23-14-9-15-24(17-23)39-3)19-27(35)32(2)22-12-6-5-7-13-22/h5-17,25H,4,18-19H2,1-3H3,(H,36,37)(H2,30,31,38). The van der Waals surface area contributed by atoms with Crippen molar-refractivity contribution in [3.63, 3.8) is 0 Å². The Morgan fingerprint density at radius 1 is 0.897 bits per heavy atom. The fourth-order valence-electron chi connectivity index (χ4n) is 3.95. The number of carboxylic acids is 1. The zero-order valence-corrected chi connectivity index (χ0v) is 22.1. The number of ether oxygens (including phenoxy) is 1. The van der Waals surface area contributed by atoms with E-state index in [1.54, 1.807) is 74.6 Å². The molecule has 3 rings (SSSR count). The molecule has 0 heterocycles. The Hall–Kier alpha value is -4.86. The van der Waals surface area contributed by atoms with Crippen molar-refractivity contribution in [2.24, 2.45) is 0 Å². The summed E-state index contributed by atoms with van der Waals surface area (Å²) in [4.78, 5) is 53.1. The van der Waals surface area contributed by atoms with Crippen molar-refractivity contribution in [2.45, 2.75) is 19.3 Å². The van der Waals surface area contributed by atoms with Gasteiger partial charge in [0.2, 0.25) is 11.8 Å². The Balaban J connectivity index is 1.71. The number of rotatable bonds is 11. The third-order valence-electron chi connectivity index (χ3n) is 6.13. The highest BCUT2D eigenvalue weighted by Crippen LogP contribution is 2.24. The third kappa shape index (κ3) is 7.81. The quantitative estimate of drug-likeness (QED) is 0.341. The van der Waals surface area contributed by atoms with E-state index in [0.29, 0.717) is 34.8 Å². The van der Waals surface area contributed by atoms with Gasteiger partial charge in [-0.2, -0.15) is 0 Å². The van der Waals surface area contributed by atoms with Gasteiger partial charge in [0.15, 0.2) is 0 Å². The maximum absolute atomic E-state index is 13.3. The summed E-state index contributed by atoms with van der Waals surface area (Å²) in [6.07, 6.45) is 0.401. The van der Waals surface area contributed by atoms with Gasteiger partial charge in [-0.05, 0) is 48.4 Å². The lowest BCUT2D eigenvalue weighted by molar-refractivity contribution is -0.138. The lowest BCUT2D eigenvalue weighted by atomic mass is 9.96. The van der Waals surface area contributed by atoms with Crippen molar-refractivity contribution in [3.05, 3.63) is 84.4 Å². The van der Waals surface area contributed by atoms with Crippen LogP contribution in [0, 0.1) is 0 Å². The molecule has 3 N–H and O–H groups in total. The third-order valence-corrected chi connectivity index (χ3v) is 6.13. The van der Waals surface area contributed by atoms with Crippen LogP contribution in [0.15, 0.2) is 78.9 Å². The van der Waals surface area contributed by atoms with Crippen LogP contribution < -0.4 is 25.2 Å². The number of hydrogen-bond donors (Lipinski definition) is 3. The first-order valence-corrected chi connectivity index (χ1v) is 12.4. The molecule has 0 fully saturated rings. The van der Waals surface area contributed by atoms with E-state index in [0.717, 1.165) is 0 Å². The highest BCUT2D eigenvalue weighted by molar-refractivity contribution is 6.05. The van der Waals surface area contributed by atoms with Crippen LogP contribution in [0.3, 0.4) is 0 Å². The molecule has 0 aliphatic rings. The van der Waals surface area contributed by atoms with Gasteiger partial charge >= 0.3 is 12.0 Å². The van der Waals surface area contributed by atoms with Gasteiger partial charge in [-0.25, -0.2) is 4.79 Å². The van der Waals surface area contributed by atoms with E-state index in [2.05, 4.69) is 10.6 Å². The summed E-state index contributed by atoms with van der Waals surface area (Å²) >= 11 is 0. The van der Waals surface area contributed by atoms with E-state index in [9.17, 15) is 24.3 Å². The molecular weight excluding hydrogens is 500 g/mol. The highest BCUT2D eigenvalue weighted by atomic mass is 16.5. The maximum atomic E-state index is 13.3. The Bertz CT molecular complexity index is 1310. The number of carbonyl (C=O) groups excluding carboxylic acids is 3. The van der Waals surface area contributed by atoms with Crippen molar-refractivity contribution in [1.29, 1.82) is 0 Å². The Labute approximate surface area is 227 Å². The second-order valence-corrected chi connectivity index (χ2v) is 8.70. The van der Waals surface area contributed by atoms with Crippen molar-refractivity contribution in [2.75, 3.05) is 42.4 Å². The molecule has 0 radical (unpaired) electrons. The topological polar surface area (TPSA) is 128 Å². The molecule has 3 aromatic rings. The zero-order valence-electron chi connectivity index (χ0n) is 22.1. The molecule has 0 saturated carbocycles. The van der Waals surface area contributed by atoms with E-state index in [1.165, 1.54) is 16.9 Å². The molecule has 10 heteroatoms. The van der Waals surface area contributed by atoms with Gasteiger partial charge in [-0.1, -0.05) is 43.3 Å². The molecule has 0 aromatic heterocycles. The molecule has 204 valence electrons. The number of aliphatic carboxylic acids is 1. The van der Waals surface area contributed by atoms with Gasteiger partial charge in [0.05, 0.1) is 19.6 Å². The molecule has 0 saturated heterocycles. The molecule has 1 atom stereocenters. The average Bonchev–Trinajstić information content (AvgIpc) is 2.95. The molecular formula is C29H32N4O6. The molecule has 0 aliphatic heterocycles. The Morgan fingerprint density at radius 3 is 2.26 bits per heavy atom. The SMILES string of the molecule is CCC(C(=O)O)c1cccc(NC(=O)NCC(=O)N(CC(=O)N(C)c2ccccc2)c2cccc(OC)c2)c1. The predicted molar refractivity (Wildman–Crippen MR) is 149 cm³/mol. The van der Waals surface area contributed by atoms with E-state index in [1.807, 2.05) is 18.2 Å². The Morgan fingerprint density at radius 2 is 1.59 bits per heavy atom. The number of nitrogens with zero attached hydrogens (tertiary/aromatic N) is 2. The summed E-state index contributed by atoms with van der Waals surface area (Å²) in [6.45, 7) is 1.11. The number of hydrogen-bond acceptors (Lipinski definition) is 5. The number of para-hydroxylation sites is 1. The number of likely N-dealkylation sites (N-methyl/N-ethyl adjacent to an activating group) is 1. The summed E-state index contributed by atoms with van der Waals surface area (Å²) in [7, 11) is 3.12. The summed E-state index contributed by atoms with van der Waals surface area (Å²) in [6, 6.07) is 21.7. The number of urea groups is 1. The van der Waals surface area contributed by atoms with Crippen LogP contribution in [0.25, 0.3) is 0 Å². The van der Waals surface area contributed by atoms with Crippen molar-refractivity contribution in [1.82, 2.24) is 5.32 Å². The molecule has 0 bridgehead atoms. The minimum absolute atomic E-state index is 0.268. The minimum atomic E-state index is -0.949. The van der Waals surface area contributed by atoms with Gasteiger partial charge in [0, 0.05) is 30.2 Å². The molecule has 39 heavy (non-hydrogen) atoms. The van der Waals surface area contributed by atoms with E-state index in [4.69, 9.17) is 4.74 Å². The Kier molecular flexibility index (Phi) is 10.0. The molecule has 10 nitrogen and oxygen atoms in total. The monoisotopic (exact) mass is 532 g/mol. The summed E-state index contributed by atoms with van der Waals surface area (Å²) in [5, 5.41) is 14.5. The van der Waals surface area contributed by atoms with Gasteiger partial charge in [0.25, 0.3) is 0 Å². The molecule has 1 unspecified atom stereocenters. The van der Waals surface area contributed by atoms with Gasteiger partial charge < -0.3 is 30.3 Å². The number of carboxylic acid groups (broad SMARTS) is 1. The van der Waals surface area contributed by atoms with Crippen LogP contribution in [-0.2, 0) is 14.4 Å². The van der Waals surface area contributed by atoms with Crippen molar-refractivity contribution >= 4 is 40.9 Å². The largest absolute Gasteiger partial charge is 0.497 e. The zero-order chi connectivity index (χ0) is 28.4. The number of amides is 4. The fourth-order valence-corrected chi connectivity index (χ4v) is 3.95. The summed E-state index contributed by atoms with van der Waals surface area (Å²) < 4.78 is 5.27. The second-order valence-electron chi connectivity index (χ2n) is 8.70. The highest BCUT2D eigenvalue weighted by Gasteiger charge is 2.23. The normalized spacial score (nSPS) is 11.2. The molecule has 3 aromatic carbocycles.